The molecule has 0 fully saturated rings. The Bertz CT molecular complexity index is 492. The van der Waals surface area contributed by atoms with Crippen LogP contribution in [0, 0.1) is 0 Å². The lowest BCUT2D eigenvalue weighted by Gasteiger charge is -2.18. The maximum Gasteiger partial charge on any atom is 0.0798 e. The van der Waals surface area contributed by atoms with E-state index in [1.54, 1.807) is 0 Å². The third-order valence-corrected chi connectivity index (χ3v) is 3.38. The Labute approximate surface area is 116 Å². The summed E-state index contributed by atoms with van der Waals surface area (Å²) in [4.78, 5) is 0. The highest BCUT2D eigenvalue weighted by molar-refractivity contribution is 9.10. The van der Waals surface area contributed by atoms with Crippen molar-refractivity contribution in [2.24, 2.45) is 7.05 Å². The van der Waals surface area contributed by atoms with Crippen LogP contribution in [0.4, 0.5) is 0 Å². The van der Waals surface area contributed by atoms with Crippen LogP contribution >= 0.6 is 15.9 Å². The number of aromatic nitrogens is 3. The summed E-state index contributed by atoms with van der Waals surface area (Å²) in [5, 5.41) is 11.5. The summed E-state index contributed by atoms with van der Waals surface area (Å²) >= 11 is 3.46. The molecule has 0 spiro atoms. The van der Waals surface area contributed by atoms with Crippen molar-refractivity contribution in [3.8, 4) is 0 Å². The van der Waals surface area contributed by atoms with Crippen molar-refractivity contribution >= 4 is 15.9 Å². The van der Waals surface area contributed by atoms with Crippen LogP contribution in [0.2, 0.25) is 0 Å². The van der Waals surface area contributed by atoms with Crippen LogP contribution in [-0.2, 0) is 7.05 Å². The molecule has 0 saturated heterocycles. The minimum atomic E-state index is 0.137. The molecule has 5 heteroatoms. The fourth-order valence-corrected chi connectivity index (χ4v) is 2.16. The standard InChI is InChI=1S/C13H17BrN4/c1-3-8-15-13(12-9-16-17-18(12)2)10-4-6-11(14)7-5-10/h4-7,9,13,15H,3,8H2,1-2H3. The number of aryl methyl sites for hydroxylation is 1. The number of nitrogens with one attached hydrogen (secondary N) is 1. The van der Waals surface area contributed by atoms with E-state index in [-0.39, 0.29) is 6.04 Å². The molecule has 0 aliphatic carbocycles. The Balaban J connectivity index is 2.30. The second kappa shape index (κ2) is 6.11. The third-order valence-electron chi connectivity index (χ3n) is 2.85. The highest BCUT2D eigenvalue weighted by Gasteiger charge is 2.16. The minimum absolute atomic E-state index is 0.137. The van der Waals surface area contributed by atoms with Gasteiger partial charge in [-0.05, 0) is 30.7 Å². The molecule has 0 amide bonds. The summed E-state index contributed by atoms with van der Waals surface area (Å²) in [7, 11) is 1.92. The average Bonchev–Trinajstić information content (AvgIpc) is 2.78. The smallest absolute Gasteiger partial charge is 0.0798 e. The Kier molecular flexibility index (Phi) is 4.49. The summed E-state index contributed by atoms with van der Waals surface area (Å²) in [6.07, 6.45) is 2.91. The van der Waals surface area contributed by atoms with Gasteiger partial charge in [-0.3, -0.25) is 4.68 Å². The third kappa shape index (κ3) is 2.97. The molecule has 96 valence electrons. The molecule has 1 unspecified atom stereocenters. The second-order valence-electron chi connectivity index (χ2n) is 4.22. The highest BCUT2D eigenvalue weighted by atomic mass is 79.9. The predicted octanol–water partition coefficient (Wildman–Crippen LogP) is 2.67. The molecular formula is C13H17BrN4. The Morgan fingerprint density at radius 2 is 2.06 bits per heavy atom. The quantitative estimate of drug-likeness (QED) is 0.923. The molecule has 2 aromatic rings. The molecule has 1 atom stereocenters. The molecule has 1 heterocycles. The maximum absolute atomic E-state index is 4.01. The predicted molar refractivity (Wildman–Crippen MR) is 75.3 cm³/mol. The first-order chi connectivity index (χ1) is 8.72. The van der Waals surface area contributed by atoms with E-state index in [2.05, 4.69) is 62.7 Å². The van der Waals surface area contributed by atoms with Crippen molar-refractivity contribution in [2.75, 3.05) is 6.54 Å². The first-order valence-corrected chi connectivity index (χ1v) is 6.85. The van der Waals surface area contributed by atoms with Crippen LogP contribution in [0.3, 0.4) is 0 Å². The second-order valence-corrected chi connectivity index (χ2v) is 5.14. The van der Waals surface area contributed by atoms with Gasteiger partial charge in [0, 0.05) is 11.5 Å². The van der Waals surface area contributed by atoms with Crippen LogP contribution in [0.1, 0.15) is 30.6 Å². The van der Waals surface area contributed by atoms with Crippen LogP contribution in [0.15, 0.2) is 34.9 Å². The van der Waals surface area contributed by atoms with Crippen LogP contribution in [0.5, 0.6) is 0 Å². The number of halogens is 1. The summed E-state index contributed by atoms with van der Waals surface area (Å²) in [6, 6.07) is 8.48. The molecule has 4 nitrogen and oxygen atoms in total. The summed E-state index contributed by atoms with van der Waals surface area (Å²) in [6.45, 7) is 3.12. The normalized spacial score (nSPS) is 12.6. The van der Waals surface area contributed by atoms with Crippen LogP contribution < -0.4 is 5.32 Å². The van der Waals surface area contributed by atoms with Gasteiger partial charge in [-0.1, -0.05) is 40.2 Å². The van der Waals surface area contributed by atoms with Gasteiger partial charge in [-0.2, -0.15) is 0 Å². The molecule has 1 N–H and O–H groups in total. The van der Waals surface area contributed by atoms with Crippen molar-refractivity contribution in [1.29, 1.82) is 0 Å². The zero-order chi connectivity index (χ0) is 13.0. The van der Waals surface area contributed by atoms with Gasteiger partial charge in [0.2, 0.25) is 0 Å². The lowest BCUT2D eigenvalue weighted by atomic mass is 10.0. The largest absolute Gasteiger partial charge is 0.305 e. The Morgan fingerprint density at radius 3 is 2.61 bits per heavy atom. The fraction of sp³-hybridized carbons (Fsp3) is 0.385. The van der Waals surface area contributed by atoms with Crippen molar-refractivity contribution in [3.63, 3.8) is 0 Å². The molecular weight excluding hydrogens is 292 g/mol. The zero-order valence-electron chi connectivity index (χ0n) is 10.6. The summed E-state index contributed by atoms with van der Waals surface area (Å²) in [5.41, 5.74) is 2.29. The van der Waals surface area contributed by atoms with Gasteiger partial charge in [0.1, 0.15) is 0 Å². The molecule has 0 saturated carbocycles. The maximum atomic E-state index is 4.01. The molecule has 18 heavy (non-hydrogen) atoms. The lowest BCUT2D eigenvalue weighted by molar-refractivity contribution is 0.550. The molecule has 0 bridgehead atoms. The van der Waals surface area contributed by atoms with Gasteiger partial charge in [-0.15, -0.1) is 5.10 Å². The molecule has 0 radical (unpaired) electrons. The minimum Gasteiger partial charge on any atom is -0.305 e. The average molecular weight is 309 g/mol. The Hall–Kier alpha value is -1.20. The van der Waals surface area contributed by atoms with Gasteiger partial charge in [0.15, 0.2) is 0 Å². The van der Waals surface area contributed by atoms with Gasteiger partial charge in [0.05, 0.1) is 17.9 Å². The van der Waals surface area contributed by atoms with Crippen molar-refractivity contribution in [1.82, 2.24) is 20.3 Å². The number of benzene rings is 1. The summed E-state index contributed by atoms with van der Waals surface area (Å²) < 4.78 is 2.90. The van der Waals surface area contributed by atoms with E-state index in [1.807, 2.05) is 17.9 Å². The number of nitrogens with zero attached hydrogens (tertiary/aromatic N) is 3. The molecule has 0 aliphatic heterocycles. The monoisotopic (exact) mass is 308 g/mol. The number of hydrogen-bond donors (Lipinski definition) is 1. The van der Waals surface area contributed by atoms with E-state index in [1.165, 1.54) is 5.56 Å². The van der Waals surface area contributed by atoms with Crippen LogP contribution in [0.25, 0.3) is 0 Å². The van der Waals surface area contributed by atoms with Crippen molar-refractivity contribution < 1.29 is 0 Å². The van der Waals surface area contributed by atoms with Crippen LogP contribution in [-0.4, -0.2) is 21.5 Å². The zero-order valence-corrected chi connectivity index (χ0v) is 12.2. The lowest BCUT2D eigenvalue weighted by Crippen LogP contribution is -2.25. The first-order valence-electron chi connectivity index (χ1n) is 6.05. The van der Waals surface area contributed by atoms with E-state index in [9.17, 15) is 0 Å². The molecule has 1 aromatic carbocycles. The fourth-order valence-electron chi connectivity index (χ4n) is 1.90. The van der Waals surface area contributed by atoms with E-state index in [4.69, 9.17) is 0 Å². The molecule has 2 rings (SSSR count). The highest BCUT2D eigenvalue weighted by Crippen LogP contribution is 2.22. The Morgan fingerprint density at radius 1 is 1.33 bits per heavy atom. The molecule has 1 aromatic heterocycles. The van der Waals surface area contributed by atoms with E-state index in [0.717, 1.165) is 23.1 Å². The van der Waals surface area contributed by atoms with Crippen molar-refractivity contribution in [3.05, 3.63) is 46.2 Å². The van der Waals surface area contributed by atoms with Gasteiger partial charge >= 0.3 is 0 Å². The van der Waals surface area contributed by atoms with E-state index in [0.29, 0.717) is 0 Å². The van der Waals surface area contributed by atoms with E-state index < -0.39 is 0 Å². The van der Waals surface area contributed by atoms with Crippen molar-refractivity contribution in [2.45, 2.75) is 19.4 Å². The first kappa shape index (κ1) is 13.2. The van der Waals surface area contributed by atoms with Gasteiger partial charge in [0.25, 0.3) is 0 Å². The summed E-state index contributed by atoms with van der Waals surface area (Å²) in [5.74, 6) is 0. The number of hydrogen-bond acceptors (Lipinski definition) is 3. The van der Waals surface area contributed by atoms with Gasteiger partial charge in [-0.25, -0.2) is 0 Å². The number of rotatable bonds is 5. The van der Waals surface area contributed by atoms with E-state index >= 15 is 0 Å². The molecule has 0 aliphatic rings. The topological polar surface area (TPSA) is 42.7 Å². The SMILES string of the molecule is CCCNC(c1ccc(Br)cc1)c1cnnn1C. The van der Waals surface area contributed by atoms with Gasteiger partial charge < -0.3 is 5.32 Å².